The van der Waals surface area contributed by atoms with Gasteiger partial charge in [-0.05, 0) is 50.2 Å². The lowest BCUT2D eigenvalue weighted by atomic mass is 10.1. The maximum atomic E-state index is 11.7. The van der Waals surface area contributed by atoms with Crippen molar-refractivity contribution >= 4 is 5.97 Å². The number of aryl methyl sites for hydroxylation is 2. The predicted octanol–water partition coefficient (Wildman–Crippen LogP) is 3.73. The lowest BCUT2D eigenvalue weighted by Gasteiger charge is -2.11. The number of carboxylic acids is 1. The number of hydrogen-bond donors (Lipinski definition) is 1. The van der Waals surface area contributed by atoms with Crippen LogP contribution in [0.1, 0.15) is 27.3 Å². The molecule has 0 aliphatic carbocycles. The average molecular weight is 317 g/mol. The molecule has 0 bridgehead atoms. The van der Waals surface area contributed by atoms with Crippen LogP contribution in [0.4, 0.5) is 0 Å². The highest BCUT2D eigenvalue weighted by Crippen LogP contribution is 2.27. The lowest BCUT2D eigenvalue weighted by molar-refractivity contribution is 0.0687. The van der Waals surface area contributed by atoms with Crippen molar-refractivity contribution in [3.63, 3.8) is 0 Å². The predicted molar refractivity (Wildman–Crippen MR) is 90.1 cm³/mol. The van der Waals surface area contributed by atoms with Crippen LogP contribution < -0.4 is 0 Å². The van der Waals surface area contributed by atoms with Crippen molar-refractivity contribution in [2.75, 3.05) is 0 Å². The summed E-state index contributed by atoms with van der Waals surface area (Å²) in [6, 6.07) is 16.6. The van der Waals surface area contributed by atoms with Crippen LogP contribution in [-0.4, -0.2) is 20.6 Å². The molecule has 0 fully saturated rings. The summed E-state index contributed by atoms with van der Waals surface area (Å²) in [6.07, 6.45) is 0. The van der Waals surface area contributed by atoms with E-state index in [0.29, 0.717) is 17.1 Å². The monoisotopic (exact) mass is 317 g/mol. The molecule has 5 nitrogen and oxygen atoms in total. The molecule has 0 aliphatic heterocycles. The minimum atomic E-state index is -1.03. The van der Waals surface area contributed by atoms with E-state index in [2.05, 4.69) is 11.1 Å². The number of carbonyl (C=O) groups is 1. The molecule has 5 heteroatoms. The Balaban J connectivity index is 2.26. The van der Waals surface area contributed by atoms with Gasteiger partial charge in [0, 0.05) is 11.3 Å². The Bertz CT molecular complexity index is 946. The molecule has 2 aromatic carbocycles. The summed E-state index contributed by atoms with van der Waals surface area (Å²) < 4.78 is 1.64. The van der Waals surface area contributed by atoms with Crippen molar-refractivity contribution in [1.29, 1.82) is 5.26 Å². The number of benzene rings is 2. The highest BCUT2D eigenvalue weighted by atomic mass is 16.4. The first kappa shape index (κ1) is 15.5. The number of nitriles is 1. The molecule has 1 N–H and O–H groups in total. The van der Waals surface area contributed by atoms with Gasteiger partial charge in [-0.25, -0.2) is 9.78 Å². The number of carboxylic acid groups (broad SMARTS) is 1. The van der Waals surface area contributed by atoms with Crippen LogP contribution in [0.3, 0.4) is 0 Å². The second-order valence-electron chi connectivity index (χ2n) is 5.53. The zero-order valence-electron chi connectivity index (χ0n) is 13.3. The lowest BCUT2D eigenvalue weighted by Crippen LogP contribution is -2.09. The van der Waals surface area contributed by atoms with Crippen LogP contribution in [0, 0.1) is 25.2 Å². The molecular formula is C19H15N3O2. The SMILES string of the molecule is Cc1ccc(-n2c(-c3ccc(C#N)cc3)nc(C)c2C(=O)O)cc1. The molecule has 24 heavy (non-hydrogen) atoms. The van der Waals surface area contributed by atoms with Gasteiger partial charge in [0.2, 0.25) is 0 Å². The molecule has 1 aromatic heterocycles. The molecule has 0 spiro atoms. The first-order valence-electron chi connectivity index (χ1n) is 7.41. The zero-order valence-corrected chi connectivity index (χ0v) is 13.3. The number of aromatic nitrogens is 2. The molecule has 1 heterocycles. The van der Waals surface area contributed by atoms with Crippen LogP contribution in [0.25, 0.3) is 17.1 Å². The maximum absolute atomic E-state index is 11.7. The Morgan fingerprint density at radius 3 is 2.25 bits per heavy atom. The summed E-state index contributed by atoms with van der Waals surface area (Å²) in [5.41, 5.74) is 3.71. The summed E-state index contributed by atoms with van der Waals surface area (Å²) in [5, 5.41) is 18.5. The van der Waals surface area contributed by atoms with E-state index in [0.717, 1.165) is 16.8 Å². The Kier molecular flexibility index (Phi) is 3.88. The zero-order chi connectivity index (χ0) is 17.3. The van der Waals surface area contributed by atoms with Gasteiger partial charge in [-0.15, -0.1) is 0 Å². The average Bonchev–Trinajstić information content (AvgIpc) is 2.93. The van der Waals surface area contributed by atoms with Crippen LogP contribution in [0.5, 0.6) is 0 Å². The summed E-state index contributed by atoms with van der Waals surface area (Å²) >= 11 is 0. The van der Waals surface area contributed by atoms with E-state index < -0.39 is 5.97 Å². The van der Waals surface area contributed by atoms with Gasteiger partial charge in [-0.2, -0.15) is 5.26 Å². The first-order valence-corrected chi connectivity index (χ1v) is 7.41. The van der Waals surface area contributed by atoms with E-state index in [9.17, 15) is 9.90 Å². The molecule has 3 aromatic rings. The van der Waals surface area contributed by atoms with Gasteiger partial charge >= 0.3 is 5.97 Å². The van der Waals surface area contributed by atoms with Crippen molar-refractivity contribution < 1.29 is 9.90 Å². The third-order valence-corrected chi connectivity index (χ3v) is 3.82. The Hall–Kier alpha value is -3.39. The van der Waals surface area contributed by atoms with E-state index >= 15 is 0 Å². The van der Waals surface area contributed by atoms with Crippen molar-refractivity contribution in [3.8, 4) is 23.1 Å². The van der Waals surface area contributed by atoms with Gasteiger partial charge in [0.25, 0.3) is 0 Å². The van der Waals surface area contributed by atoms with E-state index in [1.54, 1.807) is 35.8 Å². The molecule has 0 saturated carbocycles. The molecule has 0 atom stereocenters. The maximum Gasteiger partial charge on any atom is 0.354 e. The second-order valence-corrected chi connectivity index (χ2v) is 5.53. The van der Waals surface area contributed by atoms with E-state index in [4.69, 9.17) is 5.26 Å². The van der Waals surface area contributed by atoms with E-state index in [1.807, 2.05) is 31.2 Å². The summed E-state index contributed by atoms with van der Waals surface area (Å²) in [5.74, 6) is -0.487. The molecule has 3 rings (SSSR count). The Morgan fingerprint density at radius 1 is 1.08 bits per heavy atom. The summed E-state index contributed by atoms with van der Waals surface area (Å²) in [7, 11) is 0. The van der Waals surface area contributed by atoms with E-state index in [-0.39, 0.29) is 5.69 Å². The molecule has 118 valence electrons. The smallest absolute Gasteiger partial charge is 0.354 e. The number of hydrogen-bond acceptors (Lipinski definition) is 3. The summed E-state index contributed by atoms with van der Waals surface area (Å²) in [4.78, 5) is 16.2. The fourth-order valence-electron chi connectivity index (χ4n) is 2.61. The number of rotatable bonds is 3. The van der Waals surface area contributed by atoms with Gasteiger partial charge in [0.15, 0.2) is 5.69 Å². The fourth-order valence-corrected chi connectivity index (χ4v) is 2.61. The Labute approximate surface area is 139 Å². The van der Waals surface area contributed by atoms with Crippen molar-refractivity contribution in [1.82, 2.24) is 9.55 Å². The van der Waals surface area contributed by atoms with Crippen molar-refractivity contribution in [2.45, 2.75) is 13.8 Å². The molecule has 0 amide bonds. The van der Waals surface area contributed by atoms with Crippen LogP contribution >= 0.6 is 0 Å². The van der Waals surface area contributed by atoms with E-state index in [1.165, 1.54) is 0 Å². The quantitative estimate of drug-likeness (QED) is 0.798. The standard InChI is InChI=1S/C19H15N3O2/c1-12-3-9-16(10-4-12)22-17(19(23)24)13(2)21-18(22)15-7-5-14(11-20)6-8-15/h3-10H,1-2H3,(H,23,24). The largest absolute Gasteiger partial charge is 0.477 e. The first-order chi connectivity index (χ1) is 11.5. The van der Waals surface area contributed by atoms with Gasteiger partial charge < -0.3 is 5.11 Å². The minimum absolute atomic E-state index is 0.137. The summed E-state index contributed by atoms with van der Waals surface area (Å²) in [6.45, 7) is 3.66. The number of imidazole rings is 1. The van der Waals surface area contributed by atoms with Gasteiger partial charge in [0.1, 0.15) is 5.82 Å². The highest BCUT2D eigenvalue weighted by molar-refractivity contribution is 5.89. The number of nitrogens with zero attached hydrogens (tertiary/aromatic N) is 3. The van der Waals surface area contributed by atoms with Gasteiger partial charge in [-0.1, -0.05) is 17.7 Å². The topological polar surface area (TPSA) is 78.9 Å². The third kappa shape index (κ3) is 2.66. The number of aromatic carboxylic acids is 1. The highest BCUT2D eigenvalue weighted by Gasteiger charge is 2.22. The molecule has 0 unspecified atom stereocenters. The molecule has 0 aliphatic rings. The van der Waals surface area contributed by atoms with Crippen LogP contribution in [-0.2, 0) is 0 Å². The second kappa shape index (κ2) is 6.01. The normalized spacial score (nSPS) is 10.4. The molecule has 0 radical (unpaired) electrons. The minimum Gasteiger partial charge on any atom is -0.477 e. The molecular weight excluding hydrogens is 302 g/mol. The van der Waals surface area contributed by atoms with Crippen LogP contribution in [0.2, 0.25) is 0 Å². The fraction of sp³-hybridized carbons (Fsp3) is 0.105. The van der Waals surface area contributed by atoms with Gasteiger partial charge in [0.05, 0.1) is 17.3 Å². The van der Waals surface area contributed by atoms with Crippen molar-refractivity contribution in [3.05, 3.63) is 71.0 Å². The van der Waals surface area contributed by atoms with Crippen molar-refractivity contribution in [2.24, 2.45) is 0 Å². The Morgan fingerprint density at radius 2 is 1.71 bits per heavy atom. The van der Waals surface area contributed by atoms with Gasteiger partial charge in [-0.3, -0.25) is 4.57 Å². The third-order valence-electron chi connectivity index (χ3n) is 3.82. The molecule has 0 saturated heterocycles. The van der Waals surface area contributed by atoms with Crippen LogP contribution in [0.15, 0.2) is 48.5 Å².